The van der Waals surface area contributed by atoms with Crippen molar-refractivity contribution in [3.63, 3.8) is 0 Å². The minimum atomic E-state index is -0.216. The highest BCUT2D eigenvalue weighted by atomic mass is 35.5. The third kappa shape index (κ3) is 5.65. The molecule has 2 rings (SSSR count). The van der Waals surface area contributed by atoms with Crippen LogP contribution in [0.2, 0.25) is 5.02 Å². The highest BCUT2D eigenvalue weighted by Crippen LogP contribution is 2.28. The van der Waals surface area contributed by atoms with E-state index in [-0.39, 0.29) is 24.5 Å². The van der Waals surface area contributed by atoms with Gasteiger partial charge in [0.15, 0.2) is 5.78 Å². The summed E-state index contributed by atoms with van der Waals surface area (Å²) in [6, 6.07) is 8.71. The van der Waals surface area contributed by atoms with Crippen LogP contribution in [0.5, 0.6) is 5.75 Å². The van der Waals surface area contributed by atoms with Gasteiger partial charge in [0.2, 0.25) is 5.91 Å². The summed E-state index contributed by atoms with van der Waals surface area (Å²) in [6.45, 7) is 4.69. The molecule has 128 valence electrons. The lowest BCUT2D eigenvalue weighted by atomic mass is 10.2. The van der Waals surface area contributed by atoms with Crippen LogP contribution in [0.25, 0.3) is 0 Å². The van der Waals surface area contributed by atoms with Crippen molar-refractivity contribution in [2.75, 3.05) is 11.9 Å². The first-order valence-corrected chi connectivity index (χ1v) is 9.00. The van der Waals surface area contributed by atoms with Crippen molar-refractivity contribution in [2.24, 2.45) is 5.92 Å². The monoisotopic (exact) mass is 365 g/mol. The summed E-state index contributed by atoms with van der Waals surface area (Å²) in [7, 11) is 0. The van der Waals surface area contributed by atoms with Crippen LogP contribution in [0.1, 0.15) is 36.4 Å². The van der Waals surface area contributed by atoms with E-state index in [1.807, 2.05) is 11.4 Å². The zero-order chi connectivity index (χ0) is 17.5. The molecule has 0 bridgehead atoms. The van der Waals surface area contributed by atoms with E-state index < -0.39 is 0 Å². The molecule has 0 aliphatic rings. The summed E-state index contributed by atoms with van der Waals surface area (Å²) >= 11 is 7.55. The number of ether oxygens (including phenoxy) is 1. The van der Waals surface area contributed by atoms with Crippen molar-refractivity contribution in [3.05, 3.63) is 45.6 Å². The number of hydrogen-bond acceptors (Lipinski definition) is 4. The molecule has 0 aliphatic carbocycles. The standard InChI is InChI=1S/C18H20ClNO3S/c1-12(2)11-23-16-7-5-13(10-14(16)19)20-18(22)8-6-15(21)17-4-3-9-24-17/h3-5,7,9-10,12H,6,8,11H2,1-2H3,(H,20,22). The third-order valence-corrected chi connectivity index (χ3v) is 4.37. The molecule has 1 N–H and O–H groups in total. The zero-order valence-electron chi connectivity index (χ0n) is 13.7. The Bertz CT molecular complexity index is 698. The Balaban J connectivity index is 1.85. The fraction of sp³-hybridized carbons (Fsp3) is 0.333. The Morgan fingerprint density at radius 3 is 2.67 bits per heavy atom. The number of amides is 1. The van der Waals surface area contributed by atoms with Gasteiger partial charge in [0.25, 0.3) is 0 Å². The molecular formula is C18H20ClNO3S. The van der Waals surface area contributed by atoms with Crippen molar-refractivity contribution in [1.29, 1.82) is 0 Å². The number of carbonyl (C=O) groups is 2. The highest BCUT2D eigenvalue weighted by molar-refractivity contribution is 7.12. The number of rotatable bonds is 8. The topological polar surface area (TPSA) is 55.4 Å². The van der Waals surface area contributed by atoms with Crippen molar-refractivity contribution in [2.45, 2.75) is 26.7 Å². The first-order valence-electron chi connectivity index (χ1n) is 7.74. The molecule has 6 heteroatoms. The number of benzene rings is 1. The second kappa shape index (κ2) is 8.85. The number of Topliss-reactive ketones (excluding diaryl/α,β-unsaturated/α-hetero) is 1. The van der Waals surface area contributed by atoms with Crippen molar-refractivity contribution in [3.8, 4) is 5.75 Å². The molecule has 0 unspecified atom stereocenters. The SMILES string of the molecule is CC(C)COc1ccc(NC(=O)CCC(=O)c2cccs2)cc1Cl. The summed E-state index contributed by atoms with van der Waals surface area (Å²) in [5.74, 6) is 0.764. The molecule has 0 atom stereocenters. The van der Waals surface area contributed by atoms with E-state index in [1.54, 1.807) is 24.3 Å². The number of carbonyl (C=O) groups excluding carboxylic acids is 2. The number of hydrogen-bond donors (Lipinski definition) is 1. The Morgan fingerprint density at radius 1 is 1.25 bits per heavy atom. The minimum absolute atomic E-state index is 0.0179. The van der Waals surface area contributed by atoms with E-state index in [0.717, 1.165) is 0 Å². The molecule has 0 saturated carbocycles. The van der Waals surface area contributed by atoms with Crippen LogP contribution in [-0.4, -0.2) is 18.3 Å². The fourth-order valence-corrected chi connectivity index (χ4v) is 2.89. The van der Waals surface area contributed by atoms with Crippen LogP contribution in [0.3, 0.4) is 0 Å². The lowest BCUT2D eigenvalue weighted by Gasteiger charge is -2.11. The lowest BCUT2D eigenvalue weighted by Crippen LogP contribution is -2.13. The average molecular weight is 366 g/mol. The van der Waals surface area contributed by atoms with Gasteiger partial charge in [-0.1, -0.05) is 31.5 Å². The van der Waals surface area contributed by atoms with Crippen LogP contribution in [0.4, 0.5) is 5.69 Å². The molecule has 0 radical (unpaired) electrons. The van der Waals surface area contributed by atoms with E-state index in [0.29, 0.717) is 33.9 Å². The van der Waals surface area contributed by atoms with Gasteiger partial charge in [0.05, 0.1) is 16.5 Å². The molecule has 0 saturated heterocycles. The predicted octanol–water partition coefficient (Wildman–Crippen LogP) is 5.04. The maximum Gasteiger partial charge on any atom is 0.224 e. The number of nitrogens with one attached hydrogen (secondary N) is 1. The van der Waals surface area contributed by atoms with E-state index in [2.05, 4.69) is 19.2 Å². The summed E-state index contributed by atoms with van der Waals surface area (Å²) in [5, 5.41) is 5.04. The normalized spacial score (nSPS) is 10.7. The third-order valence-electron chi connectivity index (χ3n) is 3.16. The molecule has 0 aliphatic heterocycles. The van der Waals surface area contributed by atoms with Gasteiger partial charge >= 0.3 is 0 Å². The lowest BCUT2D eigenvalue weighted by molar-refractivity contribution is -0.116. The second-order valence-electron chi connectivity index (χ2n) is 5.80. The van der Waals surface area contributed by atoms with E-state index in [4.69, 9.17) is 16.3 Å². The van der Waals surface area contributed by atoms with Gasteiger partial charge in [0, 0.05) is 18.5 Å². The van der Waals surface area contributed by atoms with E-state index in [9.17, 15) is 9.59 Å². The number of anilines is 1. The van der Waals surface area contributed by atoms with Gasteiger partial charge in [0.1, 0.15) is 5.75 Å². The Morgan fingerprint density at radius 2 is 2.04 bits per heavy atom. The largest absolute Gasteiger partial charge is 0.492 e. The summed E-state index contributed by atoms with van der Waals surface area (Å²) in [5.41, 5.74) is 0.588. The molecular weight excluding hydrogens is 346 g/mol. The van der Waals surface area contributed by atoms with E-state index in [1.165, 1.54) is 11.3 Å². The molecule has 1 aromatic heterocycles. The van der Waals surface area contributed by atoms with Gasteiger partial charge in [-0.3, -0.25) is 9.59 Å². The number of thiophene rings is 1. The van der Waals surface area contributed by atoms with Gasteiger partial charge < -0.3 is 10.1 Å². The maximum absolute atomic E-state index is 12.0. The quantitative estimate of drug-likeness (QED) is 0.667. The minimum Gasteiger partial charge on any atom is -0.492 e. The van der Waals surface area contributed by atoms with Gasteiger partial charge in [-0.15, -0.1) is 11.3 Å². The average Bonchev–Trinajstić information content (AvgIpc) is 3.06. The molecule has 0 spiro atoms. The van der Waals surface area contributed by atoms with Gasteiger partial charge in [-0.2, -0.15) is 0 Å². The van der Waals surface area contributed by atoms with Crippen LogP contribution < -0.4 is 10.1 Å². The summed E-state index contributed by atoms with van der Waals surface area (Å²) in [4.78, 5) is 24.5. The Labute approximate surface area is 150 Å². The van der Waals surface area contributed by atoms with Crippen LogP contribution in [0, 0.1) is 5.92 Å². The molecule has 1 heterocycles. The zero-order valence-corrected chi connectivity index (χ0v) is 15.2. The number of halogens is 1. The van der Waals surface area contributed by atoms with Crippen molar-refractivity contribution in [1.82, 2.24) is 0 Å². The summed E-state index contributed by atoms with van der Waals surface area (Å²) < 4.78 is 5.59. The van der Waals surface area contributed by atoms with Crippen LogP contribution in [0.15, 0.2) is 35.7 Å². The Hall–Kier alpha value is -1.85. The van der Waals surface area contributed by atoms with Gasteiger partial charge in [-0.25, -0.2) is 0 Å². The molecule has 1 amide bonds. The fourth-order valence-electron chi connectivity index (χ4n) is 1.96. The van der Waals surface area contributed by atoms with Gasteiger partial charge in [-0.05, 0) is 35.6 Å². The first kappa shape index (κ1) is 18.5. The number of ketones is 1. The van der Waals surface area contributed by atoms with Crippen molar-refractivity contribution < 1.29 is 14.3 Å². The molecule has 1 aromatic carbocycles. The van der Waals surface area contributed by atoms with Crippen molar-refractivity contribution >= 4 is 40.3 Å². The highest BCUT2D eigenvalue weighted by Gasteiger charge is 2.11. The maximum atomic E-state index is 12.0. The Kier molecular flexibility index (Phi) is 6.82. The molecule has 0 fully saturated rings. The predicted molar refractivity (Wildman–Crippen MR) is 98.3 cm³/mol. The summed E-state index contributed by atoms with van der Waals surface area (Å²) in [6.07, 6.45) is 0.329. The molecule has 2 aromatic rings. The van der Waals surface area contributed by atoms with E-state index >= 15 is 0 Å². The molecule has 4 nitrogen and oxygen atoms in total. The first-order chi connectivity index (χ1) is 11.5. The van der Waals surface area contributed by atoms with Crippen LogP contribution in [-0.2, 0) is 4.79 Å². The van der Waals surface area contributed by atoms with Crippen LogP contribution >= 0.6 is 22.9 Å². The smallest absolute Gasteiger partial charge is 0.224 e. The molecule has 24 heavy (non-hydrogen) atoms. The second-order valence-corrected chi connectivity index (χ2v) is 7.15.